The lowest BCUT2D eigenvalue weighted by Gasteiger charge is -2.67. The van der Waals surface area contributed by atoms with Crippen molar-refractivity contribution in [2.75, 3.05) is 20.0 Å². The molecule has 13 rings (SSSR count). The van der Waals surface area contributed by atoms with E-state index in [9.17, 15) is 0 Å². The Balaban J connectivity index is 1.20. The molecule has 0 atom stereocenters. The van der Waals surface area contributed by atoms with E-state index in [1.165, 1.54) is 44.9 Å². The highest BCUT2D eigenvalue weighted by atomic mass is 31.2. The van der Waals surface area contributed by atoms with E-state index < -0.39 is 77.3 Å². The Bertz CT molecular complexity index is 1610. The van der Waals surface area contributed by atoms with E-state index in [4.69, 9.17) is 49.4 Å². The van der Waals surface area contributed by atoms with E-state index >= 15 is 0 Å². The van der Waals surface area contributed by atoms with Gasteiger partial charge in [-0.05, 0) is 115 Å². The van der Waals surface area contributed by atoms with Crippen molar-refractivity contribution in [1.82, 2.24) is 0 Å². The van der Waals surface area contributed by atoms with Crippen LogP contribution in [0.4, 0.5) is 0 Å². The van der Waals surface area contributed by atoms with Crippen molar-refractivity contribution in [3.05, 3.63) is 0 Å². The Labute approximate surface area is 413 Å². The van der Waals surface area contributed by atoms with Crippen molar-refractivity contribution in [2.24, 2.45) is 0 Å². The fourth-order valence-electron chi connectivity index (χ4n) is 15.4. The number of hydrogen-bond donors (Lipinski definition) is 0. The first-order valence-electron chi connectivity index (χ1n) is 28.5. The van der Waals surface area contributed by atoms with Gasteiger partial charge in [-0.15, -0.1) is 6.89 Å². The molecule has 13 fully saturated rings. The van der Waals surface area contributed by atoms with Crippen LogP contribution in [0.25, 0.3) is 0 Å². The Morgan fingerprint density at radius 2 is 0.388 bits per heavy atom. The van der Waals surface area contributed by atoms with Crippen molar-refractivity contribution >= 4 is 82.7 Å². The van der Waals surface area contributed by atoms with Crippen LogP contribution in [0.5, 0.6) is 0 Å². The van der Waals surface area contributed by atoms with Gasteiger partial charge in [0.2, 0.25) is 0 Å². The van der Waals surface area contributed by atoms with Crippen LogP contribution in [-0.4, -0.2) is 95.8 Å². The molecule has 0 aromatic rings. The smallest absolute Gasteiger partial charge is 0.373 e. The minimum Gasteiger partial charge on any atom is -0.373 e. The summed E-state index contributed by atoms with van der Waals surface area (Å²) in [5.41, 5.74) is 2.81. The highest BCUT2D eigenvalue weighted by Crippen LogP contribution is 2.65. The second-order valence-corrected chi connectivity index (χ2v) is 55.1. The third-order valence-electron chi connectivity index (χ3n) is 18.7. The Morgan fingerprint density at radius 1 is 0.239 bits per heavy atom. The van der Waals surface area contributed by atoms with E-state index in [0.29, 0.717) is 0 Å². The molecule has 12 nitrogen and oxygen atoms in total. The van der Waals surface area contributed by atoms with E-state index in [1.54, 1.807) is 0 Å². The third kappa shape index (κ3) is 9.21. The van der Waals surface area contributed by atoms with E-state index in [1.807, 2.05) is 0 Å². The summed E-state index contributed by atoms with van der Waals surface area (Å²) in [6.45, 7) is 5.36. The Morgan fingerprint density at radius 3 is 0.537 bits per heavy atom. The molecule has 0 aromatic carbocycles. The lowest BCUT2D eigenvalue weighted by Crippen LogP contribution is -2.91. The second-order valence-electron chi connectivity index (χ2n) is 24.6. The first-order chi connectivity index (χ1) is 32.4. The minimum absolute atomic E-state index is 0.0400. The van der Waals surface area contributed by atoms with Crippen LogP contribution in [0.15, 0.2) is 0 Å². The molecule has 0 unspecified atom stereocenters. The number of rotatable bonds is 8. The molecule has 21 heteroatoms. The van der Waals surface area contributed by atoms with Gasteiger partial charge < -0.3 is 49.4 Å². The zero-order chi connectivity index (χ0) is 45.5. The van der Waals surface area contributed by atoms with Crippen LogP contribution in [-0.2, 0) is 49.4 Å². The van der Waals surface area contributed by atoms with Crippen LogP contribution in [0.2, 0.25) is 38.8 Å². The van der Waals surface area contributed by atoms with Gasteiger partial charge in [0.15, 0.2) is 0 Å². The summed E-state index contributed by atoms with van der Waals surface area (Å²) in [7, 11) is -32.0. The summed E-state index contributed by atoms with van der Waals surface area (Å²) in [5, 5.41) is 0. The van der Waals surface area contributed by atoms with Gasteiger partial charge in [-0.1, -0.05) is 135 Å². The molecule has 7 saturated carbocycles. The molecule has 8 bridgehead atoms. The number of hydrogen-bond acceptors (Lipinski definition) is 12. The molecule has 380 valence electrons. The predicted molar refractivity (Wildman–Crippen MR) is 278 cm³/mol. The topological polar surface area (TPSA) is 111 Å². The van der Waals surface area contributed by atoms with Crippen molar-refractivity contribution < 1.29 is 49.4 Å². The maximum Gasteiger partial charge on any atom is 0.507 e. The van der Waals surface area contributed by atoms with Crippen LogP contribution in [0, 0.1) is 0 Å². The van der Waals surface area contributed by atoms with Gasteiger partial charge in [0.05, 0.1) is 0 Å². The first-order valence-corrected chi connectivity index (χ1v) is 46.1. The molecule has 0 N–H and O–H groups in total. The molecule has 0 spiro atoms. The predicted octanol–water partition coefficient (Wildman–Crippen LogP) is 13.4. The maximum absolute atomic E-state index is 8.72. The Kier molecular flexibility index (Phi) is 14.2. The maximum atomic E-state index is 8.72. The van der Waals surface area contributed by atoms with Crippen molar-refractivity contribution in [2.45, 2.75) is 264 Å². The molecule has 13 aliphatic rings. The standard InChI is InChI=1S/C46H87O12PSi8/c1-59(2,3)39-60-47-61(40-25-11-4-12-26-40)50-64(43-31-17-7-18-32-43)52-62(48-60,41-27-13-5-14-28-41)54-66(45-35-21-9-22-36-45)55-63(49-60,42-29-15-6-16-30-42)53-65(51-61,44-33-19-8-20-34-44)57-67(56-64,58-66)46-37-23-10-24-38-46/h39-46H,4-38H2,1-3H3. The zero-order valence-electron chi connectivity index (χ0n) is 41.7. The average molecular weight is 1090 g/mol. The van der Waals surface area contributed by atoms with E-state index in [-0.39, 0.29) is 38.8 Å². The molecule has 67 heavy (non-hydrogen) atoms. The van der Waals surface area contributed by atoms with Crippen molar-refractivity contribution in [3.63, 3.8) is 0 Å². The van der Waals surface area contributed by atoms with Gasteiger partial charge in [0.25, 0.3) is 0 Å². The highest BCUT2D eigenvalue weighted by molar-refractivity contribution is 7.76. The molecule has 7 aliphatic carbocycles. The normalized spacial score (nSPS) is 46.4. The van der Waals surface area contributed by atoms with Gasteiger partial charge in [0.1, 0.15) is 0 Å². The third-order valence-corrected chi connectivity index (χ3v) is 61.4. The molecule has 6 aliphatic heterocycles. The molecule has 6 heterocycles. The van der Waals surface area contributed by atoms with E-state index in [0.717, 1.165) is 180 Å². The lowest BCUT2D eigenvalue weighted by molar-refractivity contribution is -0.0474. The summed E-state index contributed by atoms with van der Waals surface area (Å²) in [6, 6.07) is 0. The quantitative estimate of drug-likeness (QED) is 0.170. The van der Waals surface area contributed by atoms with E-state index in [2.05, 4.69) is 25.4 Å². The van der Waals surface area contributed by atoms with Gasteiger partial charge in [-0.25, -0.2) is 0 Å². The second kappa shape index (κ2) is 19.3. The average Bonchev–Trinajstić information content (AvgIpc) is 3.32. The first kappa shape index (κ1) is 49.4. The van der Waals surface area contributed by atoms with Gasteiger partial charge in [-0.3, -0.25) is 0 Å². The molecule has 6 saturated heterocycles. The van der Waals surface area contributed by atoms with Crippen molar-refractivity contribution in [1.29, 1.82) is 0 Å². The van der Waals surface area contributed by atoms with Crippen LogP contribution < -0.4 is 0 Å². The van der Waals surface area contributed by atoms with Crippen LogP contribution in [0.3, 0.4) is 0 Å². The van der Waals surface area contributed by atoms with Crippen molar-refractivity contribution in [3.8, 4) is 0 Å². The highest BCUT2D eigenvalue weighted by Gasteiger charge is 2.88. The monoisotopic (exact) mass is 1090 g/mol. The SMILES string of the molecule is CP(C)(C)=C[Si]12O[Si]3(C4CCCCC4)O[Si]4(C5CCCCC5)O[Si](C5CCCCC5)(O1)O[Si]1(C5CCCCC5)O[Si](C5CCCCC5)(O2)O[Si](C2CCCCC2)(O3)O[Si](C2CCCCC2)(O4)O1. The van der Waals surface area contributed by atoms with Crippen LogP contribution >= 0.6 is 6.89 Å². The summed E-state index contributed by atoms with van der Waals surface area (Å²) in [4.78, 5) is 0. The fraction of sp³-hybridized carbons (Fsp3) is 0.978. The molecular formula is C46H87O12PSi8. The molecule has 0 amide bonds. The summed E-state index contributed by atoms with van der Waals surface area (Å²) in [6.07, 6.45) is 38.1. The van der Waals surface area contributed by atoms with Crippen LogP contribution in [0.1, 0.15) is 225 Å². The van der Waals surface area contributed by atoms with Gasteiger partial charge in [0, 0.05) is 38.8 Å². The lowest BCUT2D eigenvalue weighted by atomic mass is 10.0. The summed E-state index contributed by atoms with van der Waals surface area (Å²) in [5.74, 6) is 0. The molecular weight excluding hydrogens is 1000 g/mol. The van der Waals surface area contributed by atoms with Gasteiger partial charge >= 0.3 is 70.4 Å². The largest absolute Gasteiger partial charge is 0.507 e. The zero-order valence-corrected chi connectivity index (χ0v) is 50.6. The summed E-state index contributed by atoms with van der Waals surface area (Å²) >= 11 is 0. The minimum atomic E-state index is -4.09. The Hall–Kier alpha value is 1.56. The summed E-state index contributed by atoms with van der Waals surface area (Å²) < 4.78 is 104. The van der Waals surface area contributed by atoms with Gasteiger partial charge in [-0.2, -0.15) is 0 Å². The molecule has 0 radical (unpaired) electrons. The fourth-order valence-corrected chi connectivity index (χ4v) is 75.1. The molecule has 0 aromatic heterocycles.